The molecule has 19 heavy (non-hydrogen) atoms. The van der Waals surface area contributed by atoms with Gasteiger partial charge in [-0.15, -0.1) is 0 Å². The summed E-state index contributed by atoms with van der Waals surface area (Å²) in [5.74, 6) is 0. The smallest absolute Gasteiger partial charge is 0.295 e. The van der Waals surface area contributed by atoms with Gasteiger partial charge in [0.1, 0.15) is 5.52 Å². The van der Waals surface area contributed by atoms with Crippen LogP contribution in [-0.2, 0) is 9.47 Å². The van der Waals surface area contributed by atoms with Crippen LogP contribution in [0.15, 0.2) is 22.6 Å². The summed E-state index contributed by atoms with van der Waals surface area (Å²) in [4.78, 5) is 4.30. The molecule has 0 amide bonds. The van der Waals surface area contributed by atoms with E-state index >= 15 is 0 Å². The van der Waals surface area contributed by atoms with Gasteiger partial charge in [0.05, 0.1) is 18.9 Å². The maximum Gasteiger partial charge on any atom is 0.295 e. The summed E-state index contributed by atoms with van der Waals surface area (Å²) in [5.41, 5.74) is 7.82. The van der Waals surface area contributed by atoms with Crippen LogP contribution >= 0.6 is 0 Å². The van der Waals surface area contributed by atoms with Crippen molar-refractivity contribution >= 4 is 22.8 Å². The number of methoxy groups -OCH3 is 1. The second-order valence-electron chi connectivity index (χ2n) is 4.10. The van der Waals surface area contributed by atoms with Crippen LogP contribution in [0, 0.1) is 0 Å². The summed E-state index contributed by atoms with van der Waals surface area (Å²) in [5, 5.41) is 3.11. The SMILES string of the molecule is COCCOCCCNc1nc2c(N)cccc2o1. The van der Waals surface area contributed by atoms with Gasteiger partial charge in [-0.3, -0.25) is 0 Å². The van der Waals surface area contributed by atoms with E-state index in [9.17, 15) is 0 Å². The molecule has 1 heterocycles. The number of anilines is 2. The van der Waals surface area contributed by atoms with E-state index in [0.717, 1.165) is 13.0 Å². The van der Waals surface area contributed by atoms with Gasteiger partial charge in [-0.1, -0.05) is 6.07 Å². The van der Waals surface area contributed by atoms with Crippen molar-refractivity contribution in [1.29, 1.82) is 0 Å². The Bertz CT molecular complexity index is 513. The fraction of sp³-hybridized carbons (Fsp3) is 0.462. The van der Waals surface area contributed by atoms with Crippen molar-refractivity contribution < 1.29 is 13.9 Å². The van der Waals surface area contributed by atoms with E-state index in [1.54, 1.807) is 13.2 Å². The number of hydrogen-bond donors (Lipinski definition) is 2. The van der Waals surface area contributed by atoms with Gasteiger partial charge in [0.15, 0.2) is 5.58 Å². The lowest BCUT2D eigenvalue weighted by Crippen LogP contribution is -2.08. The molecule has 1 aromatic carbocycles. The summed E-state index contributed by atoms with van der Waals surface area (Å²) in [6.45, 7) is 2.66. The Kier molecular flexibility index (Phi) is 5.00. The number of nitrogens with two attached hydrogens (primary N) is 1. The standard InChI is InChI=1S/C13H19N3O3/c1-17-8-9-18-7-3-6-15-13-16-12-10(14)4-2-5-11(12)19-13/h2,4-5H,3,6-9,14H2,1H3,(H,15,16). The Hall–Kier alpha value is -1.79. The Labute approximate surface area is 111 Å². The number of fused-ring (bicyclic) bond motifs is 1. The van der Waals surface area contributed by atoms with Crippen LogP contribution in [0.3, 0.4) is 0 Å². The number of hydrogen-bond acceptors (Lipinski definition) is 6. The van der Waals surface area contributed by atoms with E-state index in [1.165, 1.54) is 0 Å². The first-order valence-corrected chi connectivity index (χ1v) is 6.27. The zero-order valence-electron chi connectivity index (χ0n) is 11.0. The first kappa shape index (κ1) is 13.6. The second kappa shape index (κ2) is 6.96. The normalized spacial score (nSPS) is 11.0. The van der Waals surface area contributed by atoms with Gasteiger partial charge < -0.3 is 24.9 Å². The average molecular weight is 265 g/mol. The number of oxazole rings is 1. The third-order valence-electron chi connectivity index (χ3n) is 2.62. The Balaban J connectivity index is 1.74. The third kappa shape index (κ3) is 3.84. The van der Waals surface area contributed by atoms with Gasteiger partial charge in [0, 0.05) is 20.3 Å². The molecule has 0 aliphatic heterocycles. The molecule has 0 spiro atoms. The van der Waals surface area contributed by atoms with Crippen molar-refractivity contribution in [2.75, 3.05) is 44.5 Å². The molecule has 104 valence electrons. The molecule has 6 nitrogen and oxygen atoms in total. The van der Waals surface area contributed by atoms with Crippen molar-refractivity contribution in [3.63, 3.8) is 0 Å². The maximum absolute atomic E-state index is 5.81. The number of para-hydroxylation sites is 1. The highest BCUT2D eigenvalue weighted by Crippen LogP contribution is 2.23. The lowest BCUT2D eigenvalue weighted by Gasteiger charge is -2.03. The van der Waals surface area contributed by atoms with Crippen LogP contribution in [0.2, 0.25) is 0 Å². The van der Waals surface area contributed by atoms with Gasteiger partial charge in [0.25, 0.3) is 6.01 Å². The van der Waals surface area contributed by atoms with Crippen molar-refractivity contribution in [1.82, 2.24) is 4.98 Å². The number of rotatable bonds is 8. The van der Waals surface area contributed by atoms with Crippen LogP contribution in [0.4, 0.5) is 11.7 Å². The molecular weight excluding hydrogens is 246 g/mol. The van der Waals surface area contributed by atoms with Gasteiger partial charge >= 0.3 is 0 Å². The molecule has 2 rings (SSSR count). The highest BCUT2D eigenvalue weighted by molar-refractivity contribution is 5.86. The summed E-state index contributed by atoms with van der Waals surface area (Å²) >= 11 is 0. The Morgan fingerprint density at radius 2 is 2.21 bits per heavy atom. The molecule has 0 radical (unpaired) electrons. The maximum atomic E-state index is 5.81. The minimum atomic E-state index is 0.491. The number of nitrogens with zero attached hydrogens (tertiary/aromatic N) is 1. The minimum Gasteiger partial charge on any atom is -0.423 e. The van der Waals surface area contributed by atoms with Crippen molar-refractivity contribution in [3.05, 3.63) is 18.2 Å². The summed E-state index contributed by atoms with van der Waals surface area (Å²) in [6.07, 6.45) is 0.873. The van der Waals surface area contributed by atoms with Crippen LogP contribution in [0.5, 0.6) is 0 Å². The zero-order valence-corrected chi connectivity index (χ0v) is 11.0. The van der Waals surface area contributed by atoms with E-state index in [-0.39, 0.29) is 0 Å². The van der Waals surface area contributed by atoms with Crippen LogP contribution in [-0.4, -0.2) is 38.5 Å². The predicted molar refractivity (Wildman–Crippen MR) is 74.2 cm³/mol. The molecule has 0 unspecified atom stereocenters. The van der Waals surface area contributed by atoms with Crippen LogP contribution in [0.25, 0.3) is 11.1 Å². The number of nitrogens with one attached hydrogen (secondary N) is 1. The average Bonchev–Trinajstić information content (AvgIpc) is 2.82. The largest absolute Gasteiger partial charge is 0.423 e. The molecule has 6 heteroatoms. The molecule has 0 fully saturated rings. The molecule has 0 atom stereocenters. The first-order chi connectivity index (χ1) is 9.31. The number of nitrogen functional groups attached to an aromatic ring is 1. The molecular formula is C13H19N3O3. The van der Waals surface area contributed by atoms with Crippen molar-refractivity contribution in [3.8, 4) is 0 Å². The van der Waals surface area contributed by atoms with Gasteiger partial charge in [-0.25, -0.2) is 0 Å². The highest BCUT2D eigenvalue weighted by Gasteiger charge is 2.06. The molecule has 0 bridgehead atoms. The monoisotopic (exact) mass is 265 g/mol. The van der Waals surface area contributed by atoms with E-state index in [0.29, 0.717) is 42.6 Å². The van der Waals surface area contributed by atoms with E-state index < -0.39 is 0 Å². The first-order valence-electron chi connectivity index (χ1n) is 6.27. The molecule has 1 aromatic heterocycles. The van der Waals surface area contributed by atoms with Crippen molar-refractivity contribution in [2.24, 2.45) is 0 Å². The van der Waals surface area contributed by atoms with E-state index in [2.05, 4.69) is 10.3 Å². The highest BCUT2D eigenvalue weighted by atomic mass is 16.5. The molecule has 0 aliphatic carbocycles. The Morgan fingerprint density at radius 1 is 1.32 bits per heavy atom. The number of ether oxygens (including phenoxy) is 2. The number of aromatic nitrogens is 1. The van der Waals surface area contributed by atoms with E-state index in [1.807, 2.05) is 12.1 Å². The summed E-state index contributed by atoms with van der Waals surface area (Å²) in [6, 6.07) is 5.98. The minimum absolute atomic E-state index is 0.491. The topological polar surface area (TPSA) is 82.5 Å². The van der Waals surface area contributed by atoms with Gasteiger partial charge in [-0.05, 0) is 18.6 Å². The van der Waals surface area contributed by atoms with Crippen molar-refractivity contribution in [2.45, 2.75) is 6.42 Å². The van der Waals surface area contributed by atoms with Gasteiger partial charge in [0.2, 0.25) is 0 Å². The molecule has 0 aliphatic rings. The predicted octanol–water partition coefficient (Wildman–Crippen LogP) is 1.87. The van der Waals surface area contributed by atoms with Crippen LogP contribution in [0.1, 0.15) is 6.42 Å². The lowest BCUT2D eigenvalue weighted by molar-refractivity contribution is 0.0705. The molecule has 0 saturated carbocycles. The summed E-state index contributed by atoms with van der Waals surface area (Å²) < 4.78 is 15.8. The van der Waals surface area contributed by atoms with E-state index in [4.69, 9.17) is 19.6 Å². The lowest BCUT2D eigenvalue weighted by atomic mass is 10.3. The zero-order chi connectivity index (χ0) is 13.5. The molecule has 3 N–H and O–H groups in total. The van der Waals surface area contributed by atoms with Gasteiger partial charge in [-0.2, -0.15) is 4.98 Å². The quantitative estimate of drug-likeness (QED) is 0.560. The van der Waals surface area contributed by atoms with Crippen LogP contribution < -0.4 is 11.1 Å². The molecule has 0 saturated heterocycles. The second-order valence-corrected chi connectivity index (χ2v) is 4.10. The summed E-state index contributed by atoms with van der Waals surface area (Å²) in [7, 11) is 1.66. The fourth-order valence-corrected chi connectivity index (χ4v) is 1.66. The Morgan fingerprint density at radius 3 is 3.00 bits per heavy atom. The number of benzene rings is 1. The molecule has 2 aromatic rings. The fourth-order valence-electron chi connectivity index (χ4n) is 1.66. The third-order valence-corrected chi connectivity index (χ3v) is 2.62.